The van der Waals surface area contributed by atoms with Crippen molar-refractivity contribution in [2.45, 2.75) is 51.2 Å². The third-order valence-electron chi connectivity index (χ3n) is 4.48. The Morgan fingerprint density at radius 2 is 1.85 bits per heavy atom. The van der Waals surface area contributed by atoms with Crippen LogP contribution in [0.2, 0.25) is 0 Å². The lowest BCUT2D eigenvalue weighted by Crippen LogP contribution is -2.57. The maximum absolute atomic E-state index is 12.8. The Hall–Kier alpha value is -2.57. The van der Waals surface area contributed by atoms with E-state index < -0.39 is 23.2 Å². The van der Waals surface area contributed by atoms with Gasteiger partial charge in [0.25, 0.3) is 0 Å². The summed E-state index contributed by atoms with van der Waals surface area (Å²) in [6.45, 7) is 5.45. The molecule has 1 aromatic rings. The van der Waals surface area contributed by atoms with Crippen LogP contribution in [0.15, 0.2) is 30.3 Å². The molecule has 0 aromatic heterocycles. The monoisotopic (exact) mass is 376 g/mol. The largest absolute Gasteiger partial charge is 0.467 e. The van der Waals surface area contributed by atoms with Crippen molar-refractivity contribution >= 4 is 18.0 Å². The lowest BCUT2D eigenvalue weighted by Gasteiger charge is -2.36. The maximum Gasteiger partial charge on any atom is 0.408 e. The first kappa shape index (κ1) is 20.7. The number of carbonyl (C=O) groups excluding carboxylic acids is 3. The molecule has 0 spiro atoms. The number of amides is 2. The van der Waals surface area contributed by atoms with Crippen molar-refractivity contribution in [3.63, 3.8) is 0 Å². The molecular weight excluding hydrogens is 348 g/mol. The second-order valence-corrected chi connectivity index (χ2v) is 7.69. The molecule has 2 rings (SSSR count). The van der Waals surface area contributed by atoms with E-state index in [0.29, 0.717) is 25.8 Å². The molecule has 7 nitrogen and oxygen atoms in total. The number of ether oxygens (including phenoxy) is 2. The molecule has 1 N–H and O–H groups in total. The molecule has 0 unspecified atom stereocenters. The Morgan fingerprint density at radius 3 is 2.44 bits per heavy atom. The maximum atomic E-state index is 12.8. The van der Waals surface area contributed by atoms with Gasteiger partial charge in [0, 0.05) is 13.0 Å². The Balaban J connectivity index is 2.13. The van der Waals surface area contributed by atoms with Gasteiger partial charge in [0.05, 0.1) is 7.11 Å². The summed E-state index contributed by atoms with van der Waals surface area (Å²) < 4.78 is 10.2. The van der Waals surface area contributed by atoms with Crippen LogP contribution in [0, 0.1) is 0 Å². The first-order chi connectivity index (χ1) is 12.7. The van der Waals surface area contributed by atoms with E-state index in [1.807, 2.05) is 30.3 Å². The first-order valence-electron chi connectivity index (χ1n) is 9.07. The van der Waals surface area contributed by atoms with E-state index in [0.717, 1.165) is 5.56 Å². The molecule has 1 aliphatic rings. The molecule has 0 saturated carbocycles. The van der Waals surface area contributed by atoms with Crippen LogP contribution < -0.4 is 5.32 Å². The van der Waals surface area contributed by atoms with Crippen LogP contribution in [0.25, 0.3) is 0 Å². The molecule has 1 atom stereocenters. The number of nitrogens with zero attached hydrogens (tertiary/aromatic N) is 1. The molecular formula is C20H28N2O5. The van der Waals surface area contributed by atoms with Gasteiger partial charge >= 0.3 is 12.1 Å². The standard InChI is InChI=1S/C20H28N2O5/c1-19(2,3)27-18(25)21-14-16(23)22-12-8-11-20(22,17(24)26-4)13-15-9-6-5-7-10-15/h5-7,9-10H,8,11-14H2,1-4H3,(H,21,25)/t20-/m1/s1. The molecule has 1 heterocycles. The Kier molecular flexibility index (Phi) is 6.46. The number of benzene rings is 1. The lowest BCUT2D eigenvalue weighted by molar-refractivity contribution is -0.159. The molecule has 27 heavy (non-hydrogen) atoms. The van der Waals surface area contributed by atoms with E-state index in [1.165, 1.54) is 12.0 Å². The molecule has 0 radical (unpaired) electrons. The summed E-state index contributed by atoms with van der Waals surface area (Å²) >= 11 is 0. The summed E-state index contributed by atoms with van der Waals surface area (Å²) in [5, 5.41) is 2.47. The Labute approximate surface area is 160 Å². The van der Waals surface area contributed by atoms with Crippen LogP contribution >= 0.6 is 0 Å². The number of nitrogens with one attached hydrogen (secondary N) is 1. The predicted octanol–water partition coefficient (Wildman–Crippen LogP) is 2.29. The van der Waals surface area contributed by atoms with Gasteiger partial charge in [0.2, 0.25) is 5.91 Å². The summed E-state index contributed by atoms with van der Waals surface area (Å²) in [7, 11) is 1.33. The molecule has 1 aromatic carbocycles. The Morgan fingerprint density at radius 1 is 1.19 bits per heavy atom. The zero-order valence-corrected chi connectivity index (χ0v) is 16.4. The minimum absolute atomic E-state index is 0.234. The third kappa shape index (κ3) is 5.21. The van der Waals surface area contributed by atoms with Gasteiger partial charge in [0.1, 0.15) is 17.7 Å². The quantitative estimate of drug-likeness (QED) is 0.797. The van der Waals surface area contributed by atoms with E-state index in [-0.39, 0.29) is 12.5 Å². The second-order valence-electron chi connectivity index (χ2n) is 7.69. The SMILES string of the molecule is COC(=O)[C@]1(Cc2ccccc2)CCCN1C(=O)CNC(=O)OC(C)(C)C. The molecule has 148 valence electrons. The fourth-order valence-electron chi connectivity index (χ4n) is 3.39. The van der Waals surface area contributed by atoms with Crippen molar-refractivity contribution in [2.75, 3.05) is 20.2 Å². The average molecular weight is 376 g/mol. The molecule has 1 aliphatic heterocycles. The number of methoxy groups -OCH3 is 1. The summed E-state index contributed by atoms with van der Waals surface area (Å²) in [6, 6.07) is 9.53. The summed E-state index contributed by atoms with van der Waals surface area (Å²) in [5.74, 6) is -0.769. The number of alkyl carbamates (subject to hydrolysis) is 1. The van der Waals surface area contributed by atoms with E-state index in [9.17, 15) is 14.4 Å². The molecule has 2 amide bonds. The van der Waals surface area contributed by atoms with E-state index in [4.69, 9.17) is 9.47 Å². The number of esters is 1. The van der Waals surface area contributed by atoms with Gasteiger partial charge in [-0.1, -0.05) is 30.3 Å². The highest BCUT2D eigenvalue weighted by atomic mass is 16.6. The van der Waals surface area contributed by atoms with Gasteiger partial charge in [-0.15, -0.1) is 0 Å². The third-order valence-corrected chi connectivity index (χ3v) is 4.48. The van der Waals surface area contributed by atoms with Gasteiger partial charge < -0.3 is 19.7 Å². The van der Waals surface area contributed by atoms with Gasteiger partial charge in [-0.3, -0.25) is 4.79 Å². The van der Waals surface area contributed by atoms with Crippen molar-refractivity contribution in [3.05, 3.63) is 35.9 Å². The van der Waals surface area contributed by atoms with Crippen molar-refractivity contribution in [1.82, 2.24) is 10.2 Å². The number of carbonyl (C=O) groups is 3. The van der Waals surface area contributed by atoms with Crippen molar-refractivity contribution < 1.29 is 23.9 Å². The highest BCUT2D eigenvalue weighted by Gasteiger charge is 2.50. The highest BCUT2D eigenvalue weighted by molar-refractivity contribution is 5.91. The fourth-order valence-corrected chi connectivity index (χ4v) is 3.39. The van der Waals surface area contributed by atoms with Gasteiger partial charge in [0.15, 0.2) is 0 Å². The second kappa shape index (κ2) is 8.41. The van der Waals surface area contributed by atoms with Crippen LogP contribution in [0.5, 0.6) is 0 Å². The van der Waals surface area contributed by atoms with Gasteiger partial charge in [-0.25, -0.2) is 9.59 Å². The van der Waals surface area contributed by atoms with E-state index in [2.05, 4.69) is 5.32 Å². The molecule has 0 bridgehead atoms. The highest BCUT2D eigenvalue weighted by Crippen LogP contribution is 2.34. The van der Waals surface area contributed by atoms with Crippen molar-refractivity contribution in [1.29, 1.82) is 0 Å². The number of likely N-dealkylation sites (tertiary alicyclic amines) is 1. The van der Waals surface area contributed by atoms with Crippen LogP contribution in [-0.4, -0.2) is 54.2 Å². The lowest BCUT2D eigenvalue weighted by atomic mass is 9.88. The first-order valence-corrected chi connectivity index (χ1v) is 9.07. The summed E-state index contributed by atoms with van der Waals surface area (Å²) in [4.78, 5) is 38.8. The van der Waals surface area contributed by atoms with Crippen LogP contribution in [0.1, 0.15) is 39.2 Å². The molecule has 7 heteroatoms. The minimum atomic E-state index is -1.05. The predicted molar refractivity (Wildman–Crippen MR) is 100 cm³/mol. The number of hydrogen-bond donors (Lipinski definition) is 1. The summed E-state index contributed by atoms with van der Waals surface area (Å²) in [6.07, 6.45) is 0.924. The number of rotatable bonds is 5. The zero-order valence-electron chi connectivity index (χ0n) is 16.4. The van der Waals surface area contributed by atoms with Crippen LogP contribution in [-0.2, 0) is 25.5 Å². The van der Waals surface area contributed by atoms with Crippen LogP contribution in [0.4, 0.5) is 4.79 Å². The number of hydrogen-bond acceptors (Lipinski definition) is 5. The average Bonchev–Trinajstić information content (AvgIpc) is 3.03. The molecule has 1 fully saturated rings. The van der Waals surface area contributed by atoms with Crippen molar-refractivity contribution in [3.8, 4) is 0 Å². The van der Waals surface area contributed by atoms with E-state index >= 15 is 0 Å². The summed E-state index contributed by atoms with van der Waals surface area (Å²) in [5.41, 5.74) is -0.755. The van der Waals surface area contributed by atoms with Gasteiger partial charge in [-0.2, -0.15) is 0 Å². The van der Waals surface area contributed by atoms with Crippen molar-refractivity contribution in [2.24, 2.45) is 0 Å². The molecule has 1 saturated heterocycles. The minimum Gasteiger partial charge on any atom is -0.467 e. The topological polar surface area (TPSA) is 84.9 Å². The smallest absolute Gasteiger partial charge is 0.408 e. The normalized spacial score (nSPS) is 19.5. The Bertz CT molecular complexity index is 683. The molecule has 0 aliphatic carbocycles. The van der Waals surface area contributed by atoms with Gasteiger partial charge in [-0.05, 0) is 39.2 Å². The fraction of sp³-hybridized carbons (Fsp3) is 0.550. The van der Waals surface area contributed by atoms with Crippen LogP contribution in [0.3, 0.4) is 0 Å². The zero-order chi connectivity index (χ0) is 20.1. The van der Waals surface area contributed by atoms with E-state index in [1.54, 1.807) is 20.8 Å².